The third-order valence-electron chi connectivity index (χ3n) is 4.15. The Kier molecular flexibility index (Phi) is 4.53. The predicted molar refractivity (Wildman–Crippen MR) is 90.5 cm³/mol. The number of hydrogen-bond donors (Lipinski definition) is 1. The molecule has 0 bridgehead atoms. The maximum absolute atomic E-state index is 12.2. The SMILES string of the molecule is CC(=O)c1ccc(NC(=O)CN2CCc3ccccc3C2)cc1. The van der Waals surface area contributed by atoms with E-state index in [1.54, 1.807) is 24.3 Å². The van der Waals surface area contributed by atoms with Gasteiger partial charge in [0.25, 0.3) is 0 Å². The fourth-order valence-corrected chi connectivity index (χ4v) is 2.88. The summed E-state index contributed by atoms with van der Waals surface area (Å²) in [4.78, 5) is 25.6. The Morgan fingerprint density at radius 1 is 1.04 bits per heavy atom. The molecule has 4 heteroatoms. The monoisotopic (exact) mass is 308 g/mol. The molecule has 1 heterocycles. The molecule has 0 aliphatic carbocycles. The Morgan fingerprint density at radius 2 is 1.74 bits per heavy atom. The zero-order valence-electron chi connectivity index (χ0n) is 13.2. The highest BCUT2D eigenvalue weighted by Gasteiger charge is 2.18. The highest BCUT2D eigenvalue weighted by Crippen LogP contribution is 2.18. The van der Waals surface area contributed by atoms with Gasteiger partial charge in [-0.3, -0.25) is 14.5 Å². The van der Waals surface area contributed by atoms with Gasteiger partial charge in [0.15, 0.2) is 5.78 Å². The minimum absolute atomic E-state index is 0.0230. The lowest BCUT2D eigenvalue weighted by molar-refractivity contribution is -0.117. The highest BCUT2D eigenvalue weighted by atomic mass is 16.2. The molecule has 3 rings (SSSR count). The van der Waals surface area contributed by atoms with Crippen LogP contribution in [0.3, 0.4) is 0 Å². The van der Waals surface area contributed by atoms with Crippen molar-refractivity contribution in [2.75, 3.05) is 18.4 Å². The minimum atomic E-state index is -0.0278. The van der Waals surface area contributed by atoms with Crippen LogP contribution in [0, 0.1) is 0 Å². The number of amides is 1. The van der Waals surface area contributed by atoms with E-state index in [-0.39, 0.29) is 11.7 Å². The molecule has 0 atom stereocenters. The summed E-state index contributed by atoms with van der Waals surface area (Å²) in [5, 5.41) is 2.89. The molecule has 0 fully saturated rings. The van der Waals surface area contributed by atoms with E-state index in [1.165, 1.54) is 18.1 Å². The second kappa shape index (κ2) is 6.75. The van der Waals surface area contributed by atoms with Gasteiger partial charge in [0.1, 0.15) is 0 Å². The Bertz CT molecular complexity index is 722. The third kappa shape index (κ3) is 3.85. The van der Waals surface area contributed by atoms with Gasteiger partial charge in [0.2, 0.25) is 5.91 Å². The maximum atomic E-state index is 12.2. The largest absolute Gasteiger partial charge is 0.325 e. The smallest absolute Gasteiger partial charge is 0.238 e. The van der Waals surface area contributed by atoms with Crippen molar-refractivity contribution in [3.63, 3.8) is 0 Å². The summed E-state index contributed by atoms with van der Waals surface area (Å²) in [5.74, 6) is -0.00480. The molecule has 0 aromatic heterocycles. The lowest BCUT2D eigenvalue weighted by atomic mass is 10.00. The normalized spacial score (nSPS) is 14.1. The molecule has 4 nitrogen and oxygen atoms in total. The Morgan fingerprint density at radius 3 is 2.43 bits per heavy atom. The fourth-order valence-electron chi connectivity index (χ4n) is 2.88. The van der Waals surface area contributed by atoms with Gasteiger partial charge in [-0.15, -0.1) is 0 Å². The van der Waals surface area contributed by atoms with E-state index in [0.717, 1.165) is 25.2 Å². The average molecular weight is 308 g/mol. The predicted octanol–water partition coefficient (Wildman–Crippen LogP) is 2.89. The number of carbonyl (C=O) groups excluding carboxylic acids is 2. The lowest BCUT2D eigenvalue weighted by Crippen LogP contribution is -2.37. The molecule has 23 heavy (non-hydrogen) atoms. The number of hydrogen-bond acceptors (Lipinski definition) is 3. The number of nitrogens with zero attached hydrogens (tertiary/aromatic N) is 1. The first-order chi connectivity index (χ1) is 11.1. The Hall–Kier alpha value is -2.46. The summed E-state index contributed by atoms with van der Waals surface area (Å²) in [7, 11) is 0. The van der Waals surface area contributed by atoms with Crippen molar-refractivity contribution in [1.29, 1.82) is 0 Å². The minimum Gasteiger partial charge on any atom is -0.325 e. The van der Waals surface area contributed by atoms with Crippen molar-refractivity contribution in [3.05, 3.63) is 65.2 Å². The summed E-state index contributed by atoms with van der Waals surface area (Å²) < 4.78 is 0. The first kappa shape index (κ1) is 15.4. The van der Waals surface area contributed by atoms with Crippen molar-refractivity contribution < 1.29 is 9.59 Å². The number of anilines is 1. The van der Waals surface area contributed by atoms with Crippen molar-refractivity contribution >= 4 is 17.4 Å². The van der Waals surface area contributed by atoms with Gasteiger partial charge in [-0.25, -0.2) is 0 Å². The summed E-state index contributed by atoms with van der Waals surface area (Å²) in [6.45, 7) is 3.62. The summed E-state index contributed by atoms with van der Waals surface area (Å²) >= 11 is 0. The molecule has 0 radical (unpaired) electrons. The van der Waals surface area contributed by atoms with E-state index in [9.17, 15) is 9.59 Å². The van der Waals surface area contributed by atoms with Crippen LogP contribution in [0.25, 0.3) is 0 Å². The van der Waals surface area contributed by atoms with E-state index in [4.69, 9.17) is 0 Å². The van der Waals surface area contributed by atoms with Crippen LogP contribution in [0.4, 0.5) is 5.69 Å². The zero-order chi connectivity index (χ0) is 16.2. The number of Topliss-reactive ketones (excluding diaryl/α,β-unsaturated/α-hetero) is 1. The molecule has 118 valence electrons. The van der Waals surface area contributed by atoms with Gasteiger partial charge in [-0.2, -0.15) is 0 Å². The van der Waals surface area contributed by atoms with Gasteiger partial charge in [-0.05, 0) is 48.7 Å². The fraction of sp³-hybridized carbons (Fsp3) is 0.263. The topological polar surface area (TPSA) is 49.4 Å². The van der Waals surface area contributed by atoms with Crippen molar-refractivity contribution in [3.8, 4) is 0 Å². The number of nitrogens with one attached hydrogen (secondary N) is 1. The zero-order valence-corrected chi connectivity index (χ0v) is 13.2. The van der Waals surface area contributed by atoms with Gasteiger partial charge in [0, 0.05) is 24.3 Å². The quantitative estimate of drug-likeness (QED) is 0.884. The number of carbonyl (C=O) groups is 2. The average Bonchev–Trinajstić information content (AvgIpc) is 2.55. The van der Waals surface area contributed by atoms with Crippen LogP contribution in [0.2, 0.25) is 0 Å². The molecule has 1 aliphatic rings. The standard InChI is InChI=1S/C19H20N2O2/c1-14(22)15-6-8-18(9-7-15)20-19(23)13-21-11-10-16-4-2-3-5-17(16)12-21/h2-9H,10-13H2,1H3,(H,20,23). The van der Waals surface area contributed by atoms with Crippen LogP contribution in [0.5, 0.6) is 0 Å². The summed E-state index contributed by atoms with van der Waals surface area (Å²) in [6, 6.07) is 15.4. The summed E-state index contributed by atoms with van der Waals surface area (Å²) in [5.41, 5.74) is 4.05. The van der Waals surface area contributed by atoms with Gasteiger partial charge in [-0.1, -0.05) is 24.3 Å². The maximum Gasteiger partial charge on any atom is 0.238 e. The first-order valence-electron chi connectivity index (χ1n) is 7.82. The van der Waals surface area contributed by atoms with E-state index in [2.05, 4.69) is 28.4 Å². The molecule has 0 spiro atoms. The van der Waals surface area contributed by atoms with Crippen LogP contribution in [-0.2, 0) is 17.8 Å². The molecule has 0 unspecified atom stereocenters. The van der Waals surface area contributed by atoms with Crippen molar-refractivity contribution in [2.24, 2.45) is 0 Å². The molecule has 1 N–H and O–H groups in total. The lowest BCUT2D eigenvalue weighted by Gasteiger charge is -2.28. The van der Waals surface area contributed by atoms with Crippen molar-refractivity contribution in [2.45, 2.75) is 19.9 Å². The molecule has 2 aromatic carbocycles. The second-order valence-electron chi connectivity index (χ2n) is 5.91. The van der Waals surface area contributed by atoms with E-state index in [0.29, 0.717) is 12.1 Å². The number of benzene rings is 2. The molecule has 0 saturated carbocycles. The highest BCUT2D eigenvalue weighted by molar-refractivity contribution is 5.96. The molecule has 2 aromatic rings. The van der Waals surface area contributed by atoms with Gasteiger partial charge >= 0.3 is 0 Å². The first-order valence-corrected chi connectivity index (χ1v) is 7.82. The number of rotatable bonds is 4. The molecular weight excluding hydrogens is 288 g/mol. The van der Waals surface area contributed by atoms with Crippen LogP contribution in [0.15, 0.2) is 48.5 Å². The summed E-state index contributed by atoms with van der Waals surface area (Å²) in [6.07, 6.45) is 0.983. The molecule has 0 saturated heterocycles. The van der Waals surface area contributed by atoms with Crippen LogP contribution in [0.1, 0.15) is 28.4 Å². The third-order valence-corrected chi connectivity index (χ3v) is 4.15. The second-order valence-corrected chi connectivity index (χ2v) is 5.91. The Labute approximate surface area is 136 Å². The number of ketones is 1. The van der Waals surface area contributed by atoms with Crippen molar-refractivity contribution in [1.82, 2.24) is 4.90 Å². The Balaban J connectivity index is 1.57. The molecular formula is C19H20N2O2. The van der Waals surface area contributed by atoms with E-state index < -0.39 is 0 Å². The molecule has 1 amide bonds. The van der Waals surface area contributed by atoms with Crippen LogP contribution >= 0.6 is 0 Å². The van der Waals surface area contributed by atoms with Gasteiger partial charge in [0.05, 0.1) is 6.54 Å². The van der Waals surface area contributed by atoms with E-state index in [1.807, 2.05) is 6.07 Å². The molecule has 1 aliphatic heterocycles. The van der Waals surface area contributed by atoms with E-state index >= 15 is 0 Å². The van der Waals surface area contributed by atoms with Gasteiger partial charge < -0.3 is 5.32 Å². The number of fused-ring (bicyclic) bond motifs is 1. The van der Waals surface area contributed by atoms with Crippen LogP contribution < -0.4 is 5.32 Å². The van der Waals surface area contributed by atoms with Crippen LogP contribution in [-0.4, -0.2) is 29.7 Å².